The van der Waals surface area contributed by atoms with E-state index in [1.54, 1.807) is 0 Å². The third kappa shape index (κ3) is 4.07. The van der Waals surface area contributed by atoms with E-state index in [-0.39, 0.29) is 36.0 Å². The molecular formula is C16H17ClN6O4. The van der Waals surface area contributed by atoms with Crippen molar-refractivity contribution in [1.29, 1.82) is 0 Å². The average Bonchev–Trinajstić information content (AvgIpc) is 3.35. The van der Waals surface area contributed by atoms with Crippen LogP contribution >= 0.6 is 12.4 Å². The van der Waals surface area contributed by atoms with Crippen molar-refractivity contribution in [2.75, 3.05) is 20.1 Å². The van der Waals surface area contributed by atoms with Gasteiger partial charge in [0.15, 0.2) is 0 Å². The van der Waals surface area contributed by atoms with Gasteiger partial charge in [-0.3, -0.25) is 0 Å². The molecule has 4 rings (SSSR count). The monoisotopic (exact) mass is 392 g/mol. The molecule has 142 valence electrons. The highest BCUT2D eigenvalue weighted by molar-refractivity contribution is 5.85. The van der Waals surface area contributed by atoms with Crippen LogP contribution in [0.2, 0.25) is 0 Å². The molecule has 1 fully saturated rings. The summed E-state index contributed by atoms with van der Waals surface area (Å²) in [5.74, 6) is 1.16. The lowest BCUT2D eigenvalue weighted by Crippen LogP contribution is -2.21. The number of rotatable bonds is 5. The second-order valence-electron chi connectivity index (χ2n) is 6.11. The maximum absolute atomic E-state index is 10.7. The van der Waals surface area contributed by atoms with Crippen molar-refractivity contribution in [3.63, 3.8) is 0 Å². The number of H-pyrrole nitrogens is 1. The van der Waals surface area contributed by atoms with E-state index in [1.807, 2.05) is 24.3 Å². The fourth-order valence-electron chi connectivity index (χ4n) is 2.82. The molecule has 0 radical (unpaired) electrons. The highest BCUT2D eigenvalue weighted by Gasteiger charge is 2.21. The summed E-state index contributed by atoms with van der Waals surface area (Å²) in [6, 6.07) is 7.41. The molecule has 1 aromatic carbocycles. The Labute approximate surface area is 160 Å². The molecule has 0 amide bonds. The molecule has 1 N–H and O–H groups in total. The predicted octanol–water partition coefficient (Wildman–Crippen LogP) is 2.54. The van der Waals surface area contributed by atoms with Crippen LogP contribution in [0, 0.1) is 10.1 Å². The number of likely N-dealkylation sites (tertiary alicyclic amines) is 1. The van der Waals surface area contributed by atoms with Gasteiger partial charge in [0.2, 0.25) is 5.82 Å². The smallest absolute Gasteiger partial charge is 0.341 e. The zero-order valence-electron chi connectivity index (χ0n) is 14.4. The highest BCUT2D eigenvalue weighted by atomic mass is 35.5. The summed E-state index contributed by atoms with van der Waals surface area (Å²) in [5.41, 5.74) is 0.747. The highest BCUT2D eigenvalue weighted by Crippen LogP contribution is 2.24. The fourth-order valence-corrected chi connectivity index (χ4v) is 2.82. The van der Waals surface area contributed by atoms with Crippen LogP contribution in [-0.2, 0) is 0 Å². The van der Waals surface area contributed by atoms with Crippen LogP contribution < -0.4 is 4.74 Å². The van der Waals surface area contributed by atoms with E-state index in [0.29, 0.717) is 5.82 Å². The molecule has 27 heavy (non-hydrogen) atoms. The van der Waals surface area contributed by atoms with Gasteiger partial charge in [-0.1, -0.05) is 5.16 Å². The van der Waals surface area contributed by atoms with Gasteiger partial charge in [-0.05, 0) is 42.7 Å². The topological polar surface area (TPSA) is 123 Å². The summed E-state index contributed by atoms with van der Waals surface area (Å²) in [6.07, 6.45) is 2.32. The first-order valence-corrected chi connectivity index (χ1v) is 8.07. The number of nitrogens with one attached hydrogen (secondary N) is 1. The lowest BCUT2D eigenvalue weighted by atomic mass is 10.2. The van der Waals surface area contributed by atoms with E-state index >= 15 is 0 Å². The van der Waals surface area contributed by atoms with E-state index in [0.717, 1.165) is 37.0 Å². The van der Waals surface area contributed by atoms with E-state index < -0.39 is 4.92 Å². The Balaban J connectivity index is 0.00000210. The van der Waals surface area contributed by atoms with Gasteiger partial charge in [-0.2, -0.15) is 4.98 Å². The zero-order valence-corrected chi connectivity index (χ0v) is 15.2. The number of halogens is 1. The summed E-state index contributed by atoms with van der Waals surface area (Å²) in [6.45, 7) is 1.96. The van der Waals surface area contributed by atoms with Gasteiger partial charge in [0.05, 0.1) is 0 Å². The number of nitrogens with zero attached hydrogens (tertiary/aromatic N) is 5. The van der Waals surface area contributed by atoms with Crippen molar-refractivity contribution in [3.05, 3.63) is 40.6 Å². The van der Waals surface area contributed by atoms with Crippen molar-refractivity contribution in [3.8, 4) is 28.9 Å². The van der Waals surface area contributed by atoms with Crippen LogP contribution in [0.25, 0.3) is 23.1 Å². The number of imidazole rings is 1. The predicted molar refractivity (Wildman–Crippen MR) is 97.7 cm³/mol. The van der Waals surface area contributed by atoms with Crippen LogP contribution in [0.1, 0.15) is 6.42 Å². The summed E-state index contributed by atoms with van der Waals surface area (Å²) in [5, 5.41) is 14.6. The minimum atomic E-state index is -0.575. The number of nitro groups is 1. The molecule has 11 heteroatoms. The van der Waals surface area contributed by atoms with E-state index in [1.165, 1.54) is 0 Å². The number of hydrogen-bond donors (Lipinski definition) is 1. The van der Waals surface area contributed by atoms with Crippen LogP contribution in [0.4, 0.5) is 5.82 Å². The molecule has 1 aliphatic heterocycles. The molecule has 0 saturated carbocycles. The Morgan fingerprint density at radius 2 is 2.15 bits per heavy atom. The van der Waals surface area contributed by atoms with E-state index in [9.17, 15) is 10.1 Å². The molecule has 3 heterocycles. The SMILES string of the molecule is CN1CCC(Oc2ccc(-c3noc(-c4ncc([N+](=O)[O-])[nH]4)n3)cc2)C1.Cl. The Hall–Kier alpha value is -2.98. The molecule has 1 unspecified atom stereocenters. The van der Waals surface area contributed by atoms with Gasteiger partial charge in [-0.25, -0.2) is 9.97 Å². The minimum absolute atomic E-state index is 0. The Morgan fingerprint density at radius 1 is 1.37 bits per heavy atom. The average molecular weight is 393 g/mol. The van der Waals surface area contributed by atoms with E-state index in [2.05, 4.69) is 32.1 Å². The molecule has 3 aromatic rings. The lowest BCUT2D eigenvalue weighted by molar-refractivity contribution is -0.389. The van der Waals surface area contributed by atoms with Gasteiger partial charge in [-0.15, -0.1) is 12.4 Å². The summed E-state index contributed by atoms with van der Waals surface area (Å²) in [7, 11) is 2.08. The van der Waals surface area contributed by atoms with Gasteiger partial charge in [0.25, 0.3) is 5.82 Å². The molecule has 10 nitrogen and oxygen atoms in total. The zero-order chi connectivity index (χ0) is 18.1. The lowest BCUT2D eigenvalue weighted by Gasteiger charge is -2.13. The molecule has 0 spiro atoms. The standard InChI is InChI=1S/C16H16N6O4.ClH/c1-21-7-6-12(9-21)25-11-4-2-10(3-5-11)14-19-16(26-20-14)15-17-8-13(18-15)22(23)24;/h2-5,8,12H,6-7,9H2,1H3,(H,17,18);1H. The quantitative estimate of drug-likeness (QED) is 0.519. The fraction of sp³-hybridized carbons (Fsp3) is 0.312. The van der Waals surface area contributed by atoms with Crippen LogP contribution in [0.15, 0.2) is 35.0 Å². The first-order valence-electron chi connectivity index (χ1n) is 8.07. The van der Waals surface area contributed by atoms with Crippen LogP contribution in [0.5, 0.6) is 5.75 Å². The number of benzene rings is 1. The number of likely N-dealkylation sites (N-methyl/N-ethyl adjacent to an activating group) is 1. The molecule has 0 bridgehead atoms. The first-order chi connectivity index (χ1) is 12.6. The van der Waals surface area contributed by atoms with Gasteiger partial charge in [0.1, 0.15) is 18.1 Å². The van der Waals surface area contributed by atoms with Crippen molar-refractivity contribution in [2.24, 2.45) is 0 Å². The molecule has 2 aromatic heterocycles. The molecule has 0 aliphatic carbocycles. The maximum atomic E-state index is 10.7. The summed E-state index contributed by atoms with van der Waals surface area (Å²) >= 11 is 0. The minimum Gasteiger partial charge on any atom is -0.489 e. The van der Waals surface area contributed by atoms with Crippen molar-refractivity contribution in [1.82, 2.24) is 25.0 Å². The second-order valence-corrected chi connectivity index (χ2v) is 6.11. The number of aromatic nitrogens is 4. The Bertz CT molecular complexity index is 925. The molecule has 1 aliphatic rings. The third-order valence-electron chi connectivity index (χ3n) is 4.15. The molecule has 1 atom stereocenters. The molecular weight excluding hydrogens is 376 g/mol. The van der Waals surface area contributed by atoms with Crippen molar-refractivity contribution >= 4 is 18.2 Å². The van der Waals surface area contributed by atoms with Crippen LogP contribution in [0.3, 0.4) is 0 Å². The van der Waals surface area contributed by atoms with Crippen molar-refractivity contribution < 1.29 is 14.2 Å². The first kappa shape index (κ1) is 18.8. The second kappa shape index (κ2) is 7.72. The summed E-state index contributed by atoms with van der Waals surface area (Å²) < 4.78 is 11.1. The Morgan fingerprint density at radius 3 is 2.78 bits per heavy atom. The number of ether oxygens (including phenoxy) is 1. The van der Waals surface area contributed by atoms with E-state index in [4.69, 9.17) is 9.26 Å². The van der Waals surface area contributed by atoms with Crippen LogP contribution in [-0.4, -0.2) is 56.2 Å². The molecule has 1 saturated heterocycles. The maximum Gasteiger partial charge on any atom is 0.341 e. The third-order valence-corrected chi connectivity index (χ3v) is 4.15. The summed E-state index contributed by atoms with van der Waals surface area (Å²) in [4.78, 5) is 23.0. The van der Waals surface area contributed by atoms with Gasteiger partial charge in [0, 0.05) is 18.7 Å². The Kier molecular flexibility index (Phi) is 5.38. The van der Waals surface area contributed by atoms with Crippen molar-refractivity contribution in [2.45, 2.75) is 12.5 Å². The normalized spacial score (nSPS) is 16.9. The number of aromatic amines is 1. The van der Waals surface area contributed by atoms with Gasteiger partial charge < -0.3 is 24.3 Å². The number of hydrogen-bond acceptors (Lipinski definition) is 8. The largest absolute Gasteiger partial charge is 0.489 e. The van der Waals surface area contributed by atoms with Gasteiger partial charge >= 0.3 is 11.7 Å².